The number of hydrogen-bond donors (Lipinski definition) is 1. The third-order valence-corrected chi connectivity index (χ3v) is 3.76. The molecule has 4 nitrogen and oxygen atoms in total. The van der Waals surface area contributed by atoms with Crippen LogP contribution in [0.3, 0.4) is 0 Å². The van der Waals surface area contributed by atoms with Crippen LogP contribution in [-0.2, 0) is 0 Å². The molecule has 0 amide bonds. The van der Waals surface area contributed by atoms with E-state index < -0.39 is 0 Å². The third kappa shape index (κ3) is 4.60. The maximum absolute atomic E-state index is 5.87. The van der Waals surface area contributed by atoms with Crippen molar-refractivity contribution in [1.29, 1.82) is 0 Å². The standard InChI is InChI=1S/C16H29N3O/c1-5-18(6-2)11-8-12-19(7-3)14-9-10-15(17)16(13-14)20-4/h9-10,13H,5-8,11-12,17H2,1-4H3. The summed E-state index contributed by atoms with van der Waals surface area (Å²) in [7, 11) is 1.66. The van der Waals surface area contributed by atoms with Gasteiger partial charge in [0.25, 0.3) is 0 Å². The number of nitrogens with zero attached hydrogens (tertiary/aromatic N) is 2. The summed E-state index contributed by atoms with van der Waals surface area (Å²) in [4.78, 5) is 4.82. The zero-order valence-electron chi connectivity index (χ0n) is 13.4. The number of ether oxygens (including phenoxy) is 1. The first-order valence-corrected chi connectivity index (χ1v) is 7.57. The van der Waals surface area contributed by atoms with E-state index in [9.17, 15) is 0 Å². The molecule has 4 heteroatoms. The van der Waals surface area contributed by atoms with E-state index in [0.717, 1.165) is 38.5 Å². The number of rotatable bonds is 9. The molecule has 0 radical (unpaired) electrons. The molecule has 2 N–H and O–H groups in total. The van der Waals surface area contributed by atoms with Gasteiger partial charge in [-0.2, -0.15) is 0 Å². The number of methoxy groups -OCH3 is 1. The monoisotopic (exact) mass is 279 g/mol. The lowest BCUT2D eigenvalue weighted by Gasteiger charge is -2.26. The Bertz CT molecular complexity index is 391. The Morgan fingerprint density at radius 2 is 1.75 bits per heavy atom. The normalized spacial score (nSPS) is 10.8. The van der Waals surface area contributed by atoms with Crippen LogP contribution in [0.1, 0.15) is 27.2 Å². The highest BCUT2D eigenvalue weighted by Crippen LogP contribution is 2.27. The first-order valence-electron chi connectivity index (χ1n) is 7.57. The Kier molecular flexibility index (Phi) is 7.23. The summed E-state index contributed by atoms with van der Waals surface area (Å²) < 4.78 is 5.30. The smallest absolute Gasteiger partial charge is 0.143 e. The van der Waals surface area contributed by atoms with Crippen LogP contribution in [0.5, 0.6) is 5.75 Å². The highest BCUT2D eigenvalue weighted by molar-refractivity contribution is 5.62. The lowest BCUT2D eigenvalue weighted by molar-refractivity contribution is 0.301. The average molecular weight is 279 g/mol. The molecule has 0 spiro atoms. The van der Waals surface area contributed by atoms with Crippen LogP contribution in [0.2, 0.25) is 0 Å². The molecule has 0 unspecified atom stereocenters. The Balaban J connectivity index is 2.62. The van der Waals surface area contributed by atoms with E-state index in [4.69, 9.17) is 10.5 Å². The van der Waals surface area contributed by atoms with Gasteiger partial charge in [-0.15, -0.1) is 0 Å². The summed E-state index contributed by atoms with van der Waals surface area (Å²) in [5.74, 6) is 0.754. The van der Waals surface area contributed by atoms with Crippen LogP contribution in [0.15, 0.2) is 18.2 Å². The number of benzene rings is 1. The van der Waals surface area contributed by atoms with Crippen molar-refractivity contribution in [2.75, 3.05) is 50.5 Å². The van der Waals surface area contributed by atoms with Crippen LogP contribution < -0.4 is 15.4 Å². The fourth-order valence-electron chi connectivity index (χ4n) is 2.39. The molecular formula is C16H29N3O. The molecule has 0 aromatic heterocycles. The number of nitrogens with two attached hydrogens (primary N) is 1. The minimum atomic E-state index is 0.690. The summed E-state index contributed by atoms with van der Waals surface area (Å²) in [5.41, 5.74) is 7.74. The number of hydrogen-bond acceptors (Lipinski definition) is 4. The van der Waals surface area contributed by atoms with Gasteiger partial charge < -0.3 is 20.3 Å². The van der Waals surface area contributed by atoms with Crippen LogP contribution in [0, 0.1) is 0 Å². The van der Waals surface area contributed by atoms with E-state index in [1.165, 1.54) is 12.1 Å². The molecule has 0 atom stereocenters. The summed E-state index contributed by atoms with van der Waals surface area (Å²) >= 11 is 0. The Morgan fingerprint density at radius 3 is 2.30 bits per heavy atom. The van der Waals surface area contributed by atoms with Crippen molar-refractivity contribution in [2.24, 2.45) is 0 Å². The molecule has 0 heterocycles. The summed E-state index contributed by atoms with van der Waals surface area (Å²) in [6, 6.07) is 6.01. The van der Waals surface area contributed by atoms with Crippen molar-refractivity contribution in [1.82, 2.24) is 4.90 Å². The maximum Gasteiger partial charge on any atom is 0.143 e. The Labute approximate surface area is 123 Å². The van der Waals surface area contributed by atoms with Crippen LogP contribution in [0.4, 0.5) is 11.4 Å². The summed E-state index contributed by atoms with van der Waals surface area (Å²) in [5, 5.41) is 0. The zero-order chi connectivity index (χ0) is 15.0. The predicted molar refractivity (Wildman–Crippen MR) is 87.7 cm³/mol. The highest BCUT2D eigenvalue weighted by atomic mass is 16.5. The molecule has 0 aliphatic heterocycles. The maximum atomic E-state index is 5.87. The second-order valence-corrected chi connectivity index (χ2v) is 4.89. The minimum absolute atomic E-state index is 0.690. The second-order valence-electron chi connectivity index (χ2n) is 4.89. The van der Waals surface area contributed by atoms with E-state index >= 15 is 0 Å². The van der Waals surface area contributed by atoms with Gasteiger partial charge >= 0.3 is 0 Å². The van der Waals surface area contributed by atoms with Gasteiger partial charge in [0.2, 0.25) is 0 Å². The zero-order valence-corrected chi connectivity index (χ0v) is 13.4. The lowest BCUT2D eigenvalue weighted by Crippen LogP contribution is -2.30. The molecule has 1 rings (SSSR count). The molecule has 1 aromatic carbocycles. The van der Waals surface area contributed by atoms with Crippen LogP contribution in [-0.4, -0.2) is 44.7 Å². The molecule has 0 saturated heterocycles. The SMILES string of the molecule is CCN(CC)CCCN(CC)c1ccc(N)c(OC)c1. The molecule has 0 fully saturated rings. The highest BCUT2D eigenvalue weighted by Gasteiger charge is 2.08. The first-order chi connectivity index (χ1) is 9.65. The molecule has 0 bridgehead atoms. The third-order valence-electron chi connectivity index (χ3n) is 3.76. The van der Waals surface area contributed by atoms with Crippen molar-refractivity contribution < 1.29 is 4.74 Å². The molecule has 1 aromatic rings. The average Bonchev–Trinajstić information content (AvgIpc) is 2.48. The Morgan fingerprint density at radius 1 is 1.05 bits per heavy atom. The van der Waals surface area contributed by atoms with Gasteiger partial charge in [0, 0.05) is 24.8 Å². The van der Waals surface area contributed by atoms with Gasteiger partial charge in [-0.1, -0.05) is 13.8 Å². The molecular weight excluding hydrogens is 250 g/mol. The van der Waals surface area contributed by atoms with E-state index in [2.05, 4.69) is 36.6 Å². The van der Waals surface area contributed by atoms with Crippen molar-refractivity contribution >= 4 is 11.4 Å². The van der Waals surface area contributed by atoms with Crippen LogP contribution >= 0.6 is 0 Å². The molecule has 0 aliphatic rings. The first kappa shape index (κ1) is 16.6. The molecule has 114 valence electrons. The van der Waals surface area contributed by atoms with E-state index in [1.807, 2.05) is 12.1 Å². The predicted octanol–water partition coefficient (Wildman–Crippen LogP) is 2.84. The topological polar surface area (TPSA) is 41.7 Å². The van der Waals surface area contributed by atoms with Gasteiger partial charge in [-0.3, -0.25) is 0 Å². The number of anilines is 2. The van der Waals surface area contributed by atoms with Crippen molar-refractivity contribution in [3.8, 4) is 5.75 Å². The molecule has 20 heavy (non-hydrogen) atoms. The fraction of sp³-hybridized carbons (Fsp3) is 0.625. The van der Waals surface area contributed by atoms with Gasteiger partial charge in [0.1, 0.15) is 5.75 Å². The summed E-state index contributed by atoms with van der Waals surface area (Å²) in [6.07, 6.45) is 1.17. The minimum Gasteiger partial charge on any atom is -0.495 e. The summed E-state index contributed by atoms with van der Waals surface area (Å²) in [6.45, 7) is 12.1. The van der Waals surface area contributed by atoms with Gasteiger partial charge in [0.15, 0.2) is 0 Å². The van der Waals surface area contributed by atoms with Crippen molar-refractivity contribution in [3.05, 3.63) is 18.2 Å². The second kappa shape index (κ2) is 8.69. The van der Waals surface area contributed by atoms with Crippen molar-refractivity contribution in [3.63, 3.8) is 0 Å². The lowest BCUT2D eigenvalue weighted by atomic mass is 10.2. The van der Waals surface area contributed by atoms with Gasteiger partial charge in [-0.25, -0.2) is 0 Å². The van der Waals surface area contributed by atoms with E-state index in [0.29, 0.717) is 5.69 Å². The van der Waals surface area contributed by atoms with Gasteiger partial charge in [0.05, 0.1) is 12.8 Å². The largest absolute Gasteiger partial charge is 0.495 e. The fourth-order valence-corrected chi connectivity index (χ4v) is 2.39. The molecule has 0 saturated carbocycles. The van der Waals surface area contributed by atoms with E-state index in [-0.39, 0.29) is 0 Å². The number of nitrogen functional groups attached to an aromatic ring is 1. The van der Waals surface area contributed by atoms with Crippen LogP contribution in [0.25, 0.3) is 0 Å². The molecule has 0 aliphatic carbocycles. The Hall–Kier alpha value is -1.42. The quantitative estimate of drug-likeness (QED) is 0.706. The van der Waals surface area contributed by atoms with E-state index in [1.54, 1.807) is 7.11 Å². The van der Waals surface area contributed by atoms with Crippen molar-refractivity contribution in [2.45, 2.75) is 27.2 Å². The van der Waals surface area contributed by atoms with Gasteiger partial charge in [-0.05, 0) is 45.1 Å².